The maximum atomic E-state index is 12.8. The van der Waals surface area contributed by atoms with Gasteiger partial charge in [-0.3, -0.25) is 9.36 Å². The molecule has 0 spiro atoms. The molecule has 1 aliphatic heterocycles. The fourth-order valence-corrected chi connectivity index (χ4v) is 3.33. The van der Waals surface area contributed by atoms with Crippen LogP contribution in [0.2, 0.25) is 0 Å². The van der Waals surface area contributed by atoms with Gasteiger partial charge in [-0.1, -0.05) is 0 Å². The summed E-state index contributed by atoms with van der Waals surface area (Å²) in [4.78, 5) is 32.1. The molecule has 0 bridgehead atoms. The number of hydrogen-bond acceptors (Lipinski definition) is 5. The van der Waals surface area contributed by atoms with E-state index in [0.29, 0.717) is 18.7 Å². The summed E-state index contributed by atoms with van der Waals surface area (Å²) < 4.78 is 1.80. The molecule has 0 radical (unpaired) electrons. The highest BCUT2D eigenvalue weighted by Crippen LogP contribution is 2.26. The Morgan fingerprint density at radius 1 is 1.19 bits per heavy atom. The normalized spacial score (nSPS) is 16.8. The minimum absolute atomic E-state index is 0.00144. The summed E-state index contributed by atoms with van der Waals surface area (Å²) in [7, 11) is 0. The van der Waals surface area contributed by atoms with Crippen LogP contribution in [0.5, 0.6) is 0 Å². The molecule has 1 amide bonds. The lowest BCUT2D eigenvalue weighted by Crippen LogP contribution is -2.28. The SMILES string of the molecule is Cc1cc(C)nc([C@H]2CCN(C(=O)c3ccc(-n4ccnc4)nc3)C2)n1. The Balaban J connectivity index is 1.47. The molecule has 7 heteroatoms. The standard InChI is InChI=1S/C19H20N6O/c1-13-9-14(2)23-18(22-13)16-5-7-24(11-16)19(26)15-3-4-17(21-10-15)25-8-6-20-12-25/h3-4,6,8-10,12,16H,5,7,11H2,1-2H3/t16-/m0/s1. The molecule has 3 aromatic rings. The minimum Gasteiger partial charge on any atom is -0.338 e. The number of rotatable bonds is 3. The van der Waals surface area contributed by atoms with E-state index < -0.39 is 0 Å². The van der Waals surface area contributed by atoms with Crippen molar-refractivity contribution in [3.8, 4) is 5.82 Å². The average Bonchev–Trinajstić information content (AvgIpc) is 3.32. The van der Waals surface area contributed by atoms with Crippen LogP contribution >= 0.6 is 0 Å². The molecular formula is C19H20N6O. The predicted octanol–water partition coefficient (Wildman–Crippen LogP) is 2.30. The topological polar surface area (TPSA) is 76.8 Å². The van der Waals surface area contributed by atoms with E-state index in [1.165, 1.54) is 0 Å². The highest BCUT2D eigenvalue weighted by atomic mass is 16.2. The van der Waals surface area contributed by atoms with E-state index in [1.54, 1.807) is 23.3 Å². The zero-order chi connectivity index (χ0) is 18.1. The van der Waals surface area contributed by atoms with Gasteiger partial charge in [0.1, 0.15) is 18.0 Å². The van der Waals surface area contributed by atoms with Gasteiger partial charge < -0.3 is 4.90 Å². The van der Waals surface area contributed by atoms with Gasteiger partial charge in [-0.25, -0.2) is 19.9 Å². The number of aromatic nitrogens is 5. The Morgan fingerprint density at radius 3 is 2.65 bits per heavy atom. The van der Waals surface area contributed by atoms with E-state index in [0.717, 1.165) is 29.5 Å². The molecule has 0 unspecified atom stereocenters. The zero-order valence-electron chi connectivity index (χ0n) is 14.8. The zero-order valence-corrected chi connectivity index (χ0v) is 14.8. The predicted molar refractivity (Wildman–Crippen MR) is 96.1 cm³/mol. The van der Waals surface area contributed by atoms with Crippen LogP contribution in [0.15, 0.2) is 43.1 Å². The van der Waals surface area contributed by atoms with E-state index >= 15 is 0 Å². The van der Waals surface area contributed by atoms with Crippen LogP contribution in [0.3, 0.4) is 0 Å². The Hall–Kier alpha value is -3.09. The molecule has 0 aliphatic carbocycles. The smallest absolute Gasteiger partial charge is 0.255 e. The second kappa shape index (κ2) is 6.67. The Morgan fingerprint density at radius 2 is 2.00 bits per heavy atom. The number of carbonyl (C=O) groups excluding carboxylic acids is 1. The van der Waals surface area contributed by atoms with Gasteiger partial charge in [-0.05, 0) is 38.5 Å². The largest absolute Gasteiger partial charge is 0.338 e. The van der Waals surface area contributed by atoms with Gasteiger partial charge in [0, 0.05) is 49.0 Å². The number of aryl methyl sites for hydroxylation is 2. The molecular weight excluding hydrogens is 328 g/mol. The van der Waals surface area contributed by atoms with E-state index in [4.69, 9.17) is 0 Å². The van der Waals surface area contributed by atoms with Crippen molar-refractivity contribution >= 4 is 5.91 Å². The number of imidazole rings is 1. The molecule has 132 valence electrons. The van der Waals surface area contributed by atoms with Crippen LogP contribution < -0.4 is 0 Å². The Bertz CT molecular complexity index is 899. The van der Waals surface area contributed by atoms with Gasteiger partial charge in [-0.2, -0.15) is 0 Å². The summed E-state index contributed by atoms with van der Waals surface area (Å²) in [6.07, 6.45) is 7.70. The summed E-state index contributed by atoms with van der Waals surface area (Å²) in [6.45, 7) is 5.31. The molecule has 4 rings (SSSR count). The first-order chi connectivity index (χ1) is 12.6. The van der Waals surface area contributed by atoms with Gasteiger partial charge in [0.25, 0.3) is 5.91 Å². The van der Waals surface area contributed by atoms with E-state index in [1.807, 2.05) is 43.1 Å². The molecule has 0 aromatic carbocycles. The summed E-state index contributed by atoms with van der Waals surface area (Å²) >= 11 is 0. The fourth-order valence-electron chi connectivity index (χ4n) is 3.33. The molecule has 0 N–H and O–H groups in total. The van der Waals surface area contributed by atoms with Gasteiger partial charge in [-0.15, -0.1) is 0 Å². The number of hydrogen-bond donors (Lipinski definition) is 0. The highest BCUT2D eigenvalue weighted by molar-refractivity contribution is 5.94. The second-order valence-corrected chi connectivity index (χ2v) is 6.62. The van der Waals surface area contributed by atoms with Gasteiger partial charge in [0.05, 0.1) is 5.56 Å². The van der Waals surface area contributed by atoms with Crippen molar-refractivity contribution in [2.24, 2.45) is 0 Å². The van der Waals surface area contributed by atoms with Crippen molar-refractivity contribution in [1.29, 1.82) is 0 Å². The van der Waals surface area contributed by atoms with Crippen LogP contribution in [0, 0.1) is 13.8 Å². The van der Waals surface area contributed by atoms with Crippen LogP contribution in [-0.4, -0.2) is 48.4 Å². The van der Waals surface area contributed by atoms with Gasteiger partial charge in [0.15, 0.2) is 0 Å². The lowest BCUT2D eigenvalue weighted by Gasteiger charge is -2.16. The monoisotopic (exact) mass is 348 g/mol. The van der Waals surface area contributed by atoms with Crippen molar-refractivity contribution < 1.29 is 4.79 Å². The fraction of sp³-hybridized carbons (Fsp3) is 0.316. The summed E-state index contributed by atoms with van der Waals surface area (Å²) in [5, 5.41) is 0. The molecule has 0 saturated carbocycles. The number of pyridine rings is 1. The molecule has 1 atom stereocenters. The first-order valence-electron chi connectivity index (χ1n) is 8.66. The number of carbonyl (C=O) groups is 1. The first kappa shape index (κ1) is 16.4. The third-order valence-corrected chi connectivity index (χ3v) is 4.60. The second-order valence-electron chi connectivity index (χ2n) is 6.62. The minimum atomic E-state index is 0.00144. The quantitative estimate of drug-likeness (QED) is 0.726. The van der Waals surface area contributed by atoms with Crippen molar-refractivity contribution in [3.05, 3.63) is 65.9 Å². The lowest BCUT2D eigenvalue weighted by atomic mass is 10.1. The van der Waals surface area contributed by atoms with E-state index in [-0.39, 0.29) is 11.8 Å². The van der Waals surface area contributed by atoms with Crippen LogP contribution in [0.4, 0.5) is 0 Å². The number of amides is 1. The van der Waals surface area contributed by atoms with Crippen LogP contribution in [0.1, 0.15) is 39.9 Å². The Labute approximate surface area is 151 Å². The number of nitrogens with zero attached hydrogens (tertiary/aromatic N) is 6. The van der Waals surface area contributed by atoms with Crippen molar-refractivity contribution in [2.75, 3.05) is 13.1 Å². The summed E-state index contributed by atoms with van der Waals surface area (Å²) in [5.74, 6) is 1.77. The molecule has 1 saturated heterocycles. The molecule has 26 heavy (non-hydrogen) atoms. The van der Waals surface area contributed by atoms with Gasteiger partial charge >= 0.3 is 0 Å². The average molecular weight is 348 g/mol. The van der Waals surface area contributed by atoms with Crippen LogP contribution in [-0.2, 0) is 0 Å². The van der Waals surface area contributed by atoms with E-state index in [2.05, 4.69) is 19.9 Å². The van der Waals surface area contributed by atoms with Crippen molar-refractivity contribution in [1.82, 2.24) is 29.4 Å². The highest BCUT2D eigenvalue weighted by Gasteiger charge is 2.30. The van der Waals surface area contributed by atoms with Gasteiger partial charge in [0.2, 0.25) is 0 Å². The first-order valence-corrected chi connectivity index (χ1v) is 8.66. The molecule has 1 aliphatic rings. The number of likely N-dealkylation sites (tertiary alicyclic amines) is 1. The molecule has 1 fully saturated rings. The maximum absolute atomic E-state index is 12.8. The summed E-state index contributed by atoms with van der Waals surface area (Å²) in [6, 6.07) is 5.61. The maximum Gasteiger partial charge on any atom is 0.255 e. The lowest BCUT2D eigenvalue weighted by molar-refractivity contribution is 0.0790. The third-order valence-electron chi connectivity index (χ3n) is 4.60. The molecule has 7 nitrogen and oxygen atoms in total. The van der Waals surface area contributed by atoms with E-state index in [9.17, 15) is 4.79 Å². The van der Waals surface area contributed by atoms with Crippen molar-refractivity contribution in [3.63, 3.8) is 0 Å². The third kappa shape index (κ3) is 3.20. The van der Waals surface area contributed by atoms with Crippen LogP contribution in [0.25, 0.3) is 5.82 Å². The summed E-state index contributed by atoms with van der Waals surface area (Å²) in [5.41, 5.74) is 2.53. The molecule has 4 heterocycles. The molecule has 3 aromatic heterocycles. The Kier molecular flexibility index (Phi) is 4.20. The van der Waals surface area contributed by atoms with Crippen molar-refractivity contribution in [2.45, 2.75) is 26.2 Å².